The van der Waals surface area contributed by atoms with Crippen LogP contribution in [0.2, 0.25) is 5.02 Å². The van der Waals surface area contributed by atoms with Gasteiger partial charge >= 0.3 is 0 Å². The van der Waals surface area contributed by atoms with E-state index in [2.05, 4.69) is 60.3 Å². The van der Waals surface area contributed by atoms with Crippen molar-refractivity contribution in [1.82, 2.24) is 15.3 Å². The molecule has 1 aromatic carbocycles. The highest BCUT2D eigenvalue weighted by molar-refractivity contribution is 6.34. The highest BCUT2D eigenvalue weighted by Gasteiger charge is 2.49. The van der Waals surface area contributed by atoms with Gasteiger partial charge in [-0.25, -0.2) is 13.8 Å². The highest BCUT2D eigenvalue weighted by Crippen LogP contribution is 2.52. The van der Waals surface area contributed by atoms with Crippen molar-refractivity contribution < 1.29 is 23.0 Å². The number of primary amides is 1. The number of methoxy groups -OCH3 is 1. The fourth-order valence-electron chi connectivity index (χ4n) is 7.99. The minimum absolute atomic E-state index is 0.139. The minimum Gasteiger partial charge on any atom is -0.495 e. The first-order chi connectivity index (χ1) is 26.0. The molecule has 0 spiro atoms. The molecular formula is C43H56ClF2N5O3. The van der Waals surface area contributed by atoms with Gasteiger partial charge in [-0.15, -0.1) is 0 Å². The summed E-state index contributed by atoms with van der Waals surface area (Å²) in [7, 11) is 1.73. The number of aryl methyl sites for hydroxylation is 1. The summed E-state index contributed by atoms with van der Waals surface area (Å²) < 4.78 is 41.2. The summed E-state index contributed by atoms with van der Waals surface area (Å²) in [6, 6.07) is 8.83. The lowest BCUT2D eigenvalue weighted by Crippen LogP contribution is -2.41. The van der Waals surface area contributed by atoms with Crippen LogP contribution < -0.4 is 25.8 Å². The molecule has 0 bridgehead atoms. The smallest absolute Gasteiger partial charge is 0.248 e. The maximum absolute atomic E-state index is 14.5. The second kappa shape index (κ2) is 16.8. The molecule has 3 heterocycles. The van der Waals surface area contributed by atoms with Crippen molar-refractivity contribution in [3.63, 3.8) is 0 Å². The van der Waals surface area contributed by atoms with Crippen LogP contribution in [0.1, 0.15) is 131 Å². The maximum Gasteiger partial charge on any atom is 0.248 e. The predicted octanol–water partition coefficient (Wildman–Crippen LogP) is 10.1. The standard InChI is InChI=1S/C40H47ClF2N4O2.C2H6.CH3NO/c1-5-31(23-6-7-23)46-35-21(2)14-26(15-33(35)48-4)36(24-8-9-24)45-19-30(27-17-40(42,43)18-27)32-16-29-22(3)20-49-39(29)38(47-32)28-12-13-44-37(34(28)41)25-10-11-25;1-2;2-1-3/h12-16,22-23,25,27,30-31,45-46H,5-11,17-20H2,1-4H3;1-2H3;1H,(H2,2,3). The summed E-state index contributed by atoms with van der Waals surface area (Å²) in [6.07, 6.45) is 9.63. The molecule has 8 rings (SSSR count). The summed E-state index contributed by atoms with van der Waals surface area (Å²) in [5.41, 5.74) is 14.2. The Balaban J connectivity index is 0.000000949. The maximum atomic E-state index is 14.5. The lowest BCUT2D eigenvalue weighted by molar-refractivity contribution is -0.117. The van der Waals surface area contributed by atoms with Gasteiger partial charge in [0.15, 0.2) is 0 Å². The number of carbonyl (C=O) groups excluding carboxylic acids is 1. The number of ether oxygens (including phenoxy) is 2. The summed E-state index contributed by atoms with van der Waals surface area (Å²) in [6.45, 7) is 11.6. The van der Waals surface area contributed by atoms with E-state index in [1.54, 1.807) is 13.3 Å². The monoisotopic (exact) mass is 763 g/mol. The van der Waals surface area contributed by atoms with Gasteiger partial charge in [-0.3, -0.25) is 9.78 Å². The number of amides is 1. The fourth-order valence-corrected chi connectivity index (χ4v) is 8.34. The van der Waals surface area contributed by atoms with Crippen molar-refractivity contribution in [2.24, 2.45) is 17.6 Å². The third-order valence-electron chi connectivity index (χ3n) is 11.4. The second-order valence-electron chi connectivity index (χ2n) is 15.4. The minimum atomic E-state index is -2.64. The van der Waals surface area contributed by atoms with Crippen LogP contribution in [-0.2, 0) is 4.79 Å². The number of nitrogens with one attached hydrogen (secondary N) is 2. The number of alkyl halides is 2. The largest absolute Gasteiger partial charge is 0.495 e. The topological polar surface area (TPSA) is 111 Å². The molecule has 4 N–H and O–H groups in total. The number of hydrogen-bond donors (Lipinski definition) is 3. The first-order valence-corrected chi connectivity index (χ1v) is 20.2. The van der Waals surface area contributed by atoms with Crippen molar-refractivity contribution in [2.75, 3.05) is 25.6 Å². The van der Waals surface area contributed by atoms with Crippen LogP contribution in [0.3, 0.4) is 0 Å². The Morgan fingerprint density at radius 1 is 1.15 bits per heavy atom. The Morgan fingerprint density at radius 3 is 2.44 bits per heavy atom. The number of aromatic nitrogens is 2. The summed E-state index contributed by atoms with van der Waals surface area (Å²) in [5.74, 6) is -0.206. The zero-order chi connectivity index (χ0) is 38.7. The molecule has 292 valence electrons. The van der Waals surface area contributed by atoms with Gasteiger partial charge in [0.25, 0.3) is 0 Å². The number of halogens is 3. The van der Waals surface area contributed by atoms with E-state index < -0.39 is 5.92 Å². The van der Waals surface area contributed by atoms with Crippen molar-refractivity contribution in [1.29, 1.82) is 0 Å². The van der Waals surface area contributed by atoms with Gasteiger partial charge in [0.1, 0.15) is 17.2 Å². The van der Waals surface area contributed by atoms with Crippen LogP contribution >= 0.6 is 11.6 Å². The number of rotatable bonds is 13. The van der Waals surface area contributed by atoms with E-state index in [1.165, 1.54) is 18.4 Å². The Bertz CT molecular complexity index is 1850. The number of pyridine rings is 2. The van der Waals surface area contributed by atoms with Gasteiger partial charge < -0.3 is 25.8 Å². The van der Waals surface area contributed by atoms with Crippen LogP contribution in [0.25, 0.3) is 17.0 Å². The third-order valence-corrected chi connectivity index (χ3v) is 11.8. The molecular weight excluding hydrogens is 708 g/mol. The van der Waals surface area contributed by atoms with Crippen molar-refractivity contribution in [3.8, 4) is 22.8 Å². The van der Waals surface area contributed by atoms with Crippen molar-refractivity contribution in [3.05, 3.63) is 69.1 Å². The molecule has 54 heavy (non-hydrogen) atoms. The number of carbonyl (C=O) groups is 1. The number of anilines is 1. The normalized spacial score (nSPS) is 20.4. The second-order valence-corrected chi connectivity index (χ2v) is 15.7. The molecule has 5 aliphatic rings. The van der Waals surface area contributed by atoms with E-state index in [4.69, 9.17) is 30.9 Å². The van der Waals surface area contributed by atoms with E-state index in [0.717, 1.165) is 94.5 Å². The van der Waals surface area contributed by atoms with Crippen LogP contribution in [0.4, 0.5) is 14.5 Å². The quantitative estimate of drug-likeness (QED) is 0.149. The van der Waals surface area contributed by atoms with Crippen LogP contribution in [-0.4, -0.2) is 48.6 Å². The molecule has 0 radical (unpaired) electrons. The molecule has 4 saturated carbocycles. The number of allylic oxidation sites excluding steroid dienone is 1. The van der Waals surface area contributed by atoms with Gasteiger partial charge in [0.2, 0.25) is 12.3 Å². The Kier molecular flexibility index (Phi) is 12.4. The number of benzene rings is 1. The first kappa shape index (κ1) is 39.8. The average Bonchev–Trinajstić information content (AvgIpc) is 3.99. The van der Waals surface area contributed by atoms with Gasteiger partial charge in [0.05, 0.1) is 30.1 Å². The average molecular weight is 764 g/mol. The van der Waals surface area contributed by atoms with E-state index in [-0.39, 0.29) is 37.0 Å². The predicted molar refractivity (Wildman–Crippen MR) is 213 cm³/mol. The third kappa shape index (κ3) is 8.64. The highest BCUT2D eigenvalue weighted by atomic mass is 35.5. The van der Waals surface area contributed by atoms with E-state index in [1.807, 2.05) is 19.9 Å². The molecule has 1 amide bonds. The molecule has 3 atom stereocenters. The Hall–Kier alpha value is -3.92. The van der Waals surface area contributed by atoms with Crippen LogP contribution in [0.5, 0.6) is 11.5 Å². The van der Waals surface area contributed by atoms with E-state index in [0.29, 0.717) is 35.8 Å². The molecule has 3 aromatic rings. The Morgan fingerprint density at radius 2 is 1.85 bits per heavy atom. The molecule has 8 nitrogen and oxygen atoms in total. The number of hydrogen-bond acceptors (Lipinski definition) is 7. The van der Waals surface area contributed by atoms with E-state index >= 15 is 0 Å². The van der Waals surface area contributed by atoms with Gasteiger partial charge in [0, 0.05) is 77.5 Å². The fraction of sp³-hybridized carbons (Fsp3) is 0.558. The molecule has 0 saturated heterocycles. The summed E-state index contributed by atoms with van der Waals surface area (Å²) in [5, 5.41) is 8.20. The van der Waals surface area contributed by atoms with Crippen molar-refractivity contribution in [2.45, 2.75) is 122 Å². The van der Waals surface area contributed by atoms with Gasteiger partial charge in [-0.2, -0.15) is 0 Å². The summed E-state index contributed by atoms with van der Waals surface area (Å²) in [4.78, 5) is 18.4. The zero-order valence-electron chi connectivity index (χ0n) is 32.5. The lowest BCUT2D eigenvalue weighted by Gasteiger charge is -2.40. The molecule has 2 aromatic heterocycles. The summed E-state index contributed by atoms with van der Waals surface area (Å²) >= 11 is 7.01. The number of nitrogens with two attached hydrogens (primary N) is 1. The molecule has 3 unspecified atom stereocenters. The van der Waals surface area contributed by atoms with Crippen molar-refractivity contribution >= 4 is 29.4 Å². The SMILES string of the molecule is CC.CCC(Nc1c(C)cc(C(NCC(c2cc3c(c(-c4ccnc(C5CC5)c4Cl)n2)OCC3C)C2CC(F)(F)C2)=C2CC2)cc1OC)C1CC1.NC=O. The number of nitrogens with zero attached hydrogens (tertiary/aromatic N) is 2. The molecule has 11 heteroatoms. The van der Waals surface area contributed by atoms with Gasteiger partial charge in [-0.05, 0) is 99.1 Å². The first-order valence-electron chi connectivity index (χ1n) is 19.8. The number of fused-ring (bicyclic) bond motifs is 1. The van der Waals surface area contributed by atoms with Crippen LogP contribution in [0, 0.1) is 18.8 Å². The van der Waals surface area contributed by atoms with E-state index in [9.17, 15) is 8.78 Å². The lowest BCUT2D eigenvalue weighted by atomic mass is 9.71. The van der Waals surface area contributed by atoms with Gasteiger partial charge in [-0.1, -0.05) is 39.3 Å². The molecule has 1 aliphatic heterocycles. The molecule has 4 fully saturated rings. The zero-order valence-corrected chi connectivity index (χ0v) is 33.3. The Labute approximate surface area is 324 Å². The van der Waals surface area contributed by atoms with Crippen LogP contribution in [0.15, 0.2) is 36.0 Å². The molecule has 4 aliphatic carbocycles.